The van der Waals surface area contributed by atoms with Crippen molar-refractivity contribution in [1.82, 2.24) is 24.4 Å². The first-order valence-electron chi connectivity index (χ1n) is 11.6. The summed E-state index contributed by atoms with van der Waals surface area (Å²) in [6.07, 6.45) is 0.293. The zero-order valence-electron chi connectivity index (χ0n) is 21.1. The predicted octanol–water partition coefficient (Wildman–Crippen LogP) is 3.36. The highest BCUT2D eigenvalue weighted by molar-refractivity contribution is 7.93. The molecule has 4 heterocycles. The van der Waals surface area contributed by atoms with Gasteiger partial charge in [0.1, 0.15) is 34.3 Å². The first kappa shape index (κ1) is 25.3. The van der Waals surface area contributed by atoms with Crippen LogP contribution in [0.4, 0.5) is 5.95 Å². The van der Waals surface area contributed by atoms with E-state index in [2.05, 4.69) is 20.0 Å². The number of ether oxygens (including phenoxy) is 2. The molecule has 13 heteroatoms. The number of fused-ring (bicyclic) bond motifs is 1. The molecule has 5 rings (SSSR count). The highest BCUT2D eigenvalue weighted by Gasteiger charge is 2.34. The molecule has 2 atom stereocenters. The number of hydrogen-bond donors (Lipinski definition) is 2. The van der Waals surface area contributed by atoms with Crippen molar-refractivity contribution < 1.29 is 27.4 Å². The number of methoxy groups -OCH3 is 2. The first-order chi connectivity index (χ1) is 18.2. The summed E-state index contributed by atoms with van der Waals surface area (Å²) in [5, 5.41) is 22.3. The Morgan fingerprint density at radius 1 is 1.03 bits per heavy atom. The summed E-state index contributed by atoms with van der Waals surface area (Å²) >= 11 is 0. The highest BCUT2D eigenvalue weighted by Crippen LogP contribution is 2.38. The van der Waals surface area contributed by atoms with Gasteiger partial charge in [0.05, 0.1) is 25.4 Å². The van der Waals surface area contributed by atoms with Gasteiger partial charge in [-0.3, -0.25) is 9.29 Å². The minimum absolute atomic E-state index is 0.147. The van der Waals surface area contributed by atoms with Crippen LogP contribution in [0.25, 0.3) is 22.8 Å². The van der Waals surface area contributed by atoms with Crippen molar-refractivity contribution in [3.63, 3.8) is 0 Å². The van der Waals surface area contributed by atoms with E-state index in [-0.39, 0.29) is 17.5 Å². The summed E-state index contributed by atoms with van der Waals surface area (Å²) < 4.78 is 49.3. The van der Waals surface area contributed by atoms with Crippen molar-refractivity contribution in [3.05, 3.63) is 72.2 Å². The third-order valence-electron chi connectivity index (χ3n) is 6.11. The van der Waals surface area contributed by atoms with E-state index >= 15 is 0 Å². The van der Waals surface area contributed by atoms with E-state index in [1.807, 2.05) is 12.1 Å². The predicted molar refractivity (Wildman–Crippen MR) is 139 cm³/mol. The number of hydrogen-bond acceptors (Lipinski definition) is 9. The summed E-state index contributed by atoms with van der Waals surface area (Å²) in [4.78, 5) is 0. The van der Waals surface area contributed by atoms with Gasteiger partial charge in [-0.05, 0) is 56.3 Å². The van der Waals surface area contributed by atoms with E-state index in [4.69, 9.17) is 13.9 Å². The van der Waals surface area contributed by atoms with E-state index in [9.17, 15) is 13.5 Å². The molecule has 0 bridgehead atoms. The Morgan fingerprint density at radius 2 is 1.76 bits per heavy atom. The number of benzene rings is 1. The Morgan fingerprint density at radius 3 is 2.39 bits per heavy atom. The number of furan rings is 1. The van der Waals surface area contributed by atoms with Crippen LogP contribution in [-0.2, 0) is 10.0 Å². The van der Waals surface area contributed by atoms with Crippen LogP contribution in [0.2, 0.25) is 0 Å². The Hall–Kier alpha value is -4.36. The van der Waals surface area contributed by atoms with E-state index < -0.39 is 21.4 Å². The van der Waals surface area contributed by atoms with Gasteiger partial charge >= 0.3 is 0 Å². The van der Waals surface area contributed by atoms with Crippen LogP contribution < -0.4 is 14.2 Å². The van der Waals surface area contributed by atoms with Crippen molar-refractivity contribution in [2.75, 3.05) is 18.9 Å². The average Bonchev–Trinajstić information content (AvgIpc) is 3.65. The molecule has 38 heavy (non-hydrogen) atoms. The van der Waals surface area contributed by atoms with Crippen LogP contribution in [0.3, 0.4) is 0 Å². The molecule has 198 valence electrons. The normalized spacial score (nSPS) is 13.4. The van der Waals surface area contributed by atoms with Gasteiger partial charge in [-0.2, -0.15) is 5.10 Å². The van der Waals surface area contributed by atoms with Crippen molar-refractivity contribution >= 4 is 21.5 Å². The summed E-state index contributed by atoms with van der Waals surface area (Å²) in [6.45, 7) is 3.16. The van der Waals surface area contributed by atoms with E-state index in [0.717, 1.165) is 5.52 Å². The quantitative estimate of drug-likeness (QED) is 0.288. The largest absolute Gasteiger partial charge is 0.494 e. The minimum atomic E-state index is -4.22. The Bertz CT molecular complexity index is 1650. The molecule has 0 spiro atoms. The van der Waals surface area contributed by atoms with Gasteiger partial charge in [-0.25, -0.2) is 12.9 Å². The van der Waals surface area contributed by atoms with Gasteiger partial charge in [0.15, 0.2) is 5.76 Å². The molecule has 4 aromatic heterocycles. The third kappa shape index (κ3) is 4.46. The molecule has 12 nitrogen and oxygen atoms in total. The zero-order valence-corrected chi connectivity index (χ0v) is 21.9. The molecule has 0 aliphatic rings. The van der Waals surface area contributed by atoms with Crippen molar-refractivity contribution in [2.24, 2.45) is 0 Å². The lowest BCUT2D eigenvalue weighted by Crippen LogP contribution is -2.32. The molecule has 1 aromatic carbocycles. The number of nitrogens with zero attached hydrogens (tertiary/aromatic N) is 5. The number of anilines is 1. The molecular weight excluding hydrogens is 512 g/mol. The number of sulfonamides is 1. The van der Waals surface area contributed by atoms with Crippen LogP contribution >= 0.6 is 0 Å². The zero-order chi connectivity index (χ0) is 27.0. The Balaban J connectivity index is 1.58. The fraction of sp³-hybridized carbons (Fsp3) is 0.240. The van der Waals surface area contributed by atoms with Gasteiger partial charge in [-0.1, -0.05) is 12.1 Å². The number of aliphatic hydroxyl groups is 1. The fourth-order valence-electron chi connectivity index (χ4n) is 4.06. The second-order valence-electron chi connectivity index (χ2n) is 8.54. The van der Waals surface area contributed by atoms with Gasteiger partial charge in [-0.15, -0.1) is 10.2 Å². The number of rotatable bonds is 9. The van der Waals surface area contributed by atoms with Gasteiger partial charge in [0.2, 0.25) is 21.8 Å². The van der Waals surface area contributed by atoms with Crippen LogP contribution in [0.1, 0.15) is 24.5 Å². The second kappa shape index (κ2) is 9.84. The lowest BCUT2D eigenvalue weighted by atomic mass is 10.2. The maximum Gasteiger partial charge on any atom is 0.243 e. The molecule has 0 aliphatic carbocycles. The molecule has 0 fully saturated rings. The van der Waals surface area contributed by atoms with Crippen molar-refractivity contribution in [1.29, 1.82) is 0 Å². The number of para-hydroxylation sites is 1. The number of aromatic nitrogens is 5. The smallest absolute Gasteiger partial charge is 0.243 e. The molecular formula is C25H26N6O6S. The maximum absolute atomic E-state index is 13.5. The molecule has 0 unspecified atom stereocenters. The Kier molecular flexibility index (Phi) is 6.55. The molecule has 2 N–H and O–H groups in total. The van der Waals surface area contributed by atoms with Gasteiger partial charge in [0, 0.05) is 6.20 Å². The van der Waals surface area contributed by atoms with Crippen LogP contribution in [0.15, 0.2) is 65.2 Å². The molecule has 0 aliphatic heterocycles. The van der Waals surface area contributed by atoms with Crippen LogP contribution in [-0.4, -0.2) is 57.4 Å². The summed E-state index contributed by atoms with van der Waals surface area (Å²) in [6, 6.07) is 15.6. The standard InChI is InChI=1S/C25H26N6O6S/c1-15-11-12-21(37-15)24-26-27-25(31(24)22-19(35-3)9-7-10-20(22)36-4)29-38(33,34)16(2)23(32)18-14-17-8-5-6-13-30(17)28-18/h5-14,16,23,32H,1-4H3,(H,27,29)/t16-,23+/m0/s1. The van der Waals surface area contributed by atoms with Crippen molar-refractivity contribution in [2.45, 2.75) is 25.2 Å². The second-order valence-corrected chi connectivity index (χ2v) is 10.6. The molecule has 0 saturated heterocycles. The number of aryl methyl sites for hydroxylation is 1. The van der Waals surface area contributed by atoms with E-state index in [0.29, 0.717) is 28.7 Å². The fourth-order valence-corrected chi connectivity index (χ4v) is 5.11. The summed E-state index contributed by atoms with van der Waals surface area (Å²) in [7, 11) is -1.25. The van der Waals surface area contributed by atoms with E-state index in [1.54, 1.807) is 60.1 Å². The topological polar surface area (TPSA) is 146 Å². The Labute approximate surface area is 218 Å². The highest BCUT2D eigenvalue weighted by atomic mass is 32.2. The molecule has 0 amide bonds. The number of aliphatic hydroxyl groups excluding tert-OH is 1. The SMILES string of the molecule is COc1cccc(OC)c1-n1c(NS(=O)(=O)[C@@H](C)[C@@H](O)c2cc3ccccn3n2)nnc1-c1ccc(C)o1. The molecule has 0 saturated carbocycles. The lowest BCUT2D eigenvalue weighted by Gasteiger charge is -2.20. The average molecular weight is 539 g/mol. The first-order valence-corrected chi connectivity index (χ1v) is 13.2. The monoisotopic (exact) mass is 538 g/mol. The van der Waals surface area contributed by atoms with Crippen LogP contribution in [0.5, 0.6) is 11.5 Å². The number of nitrogens with one attached hydrogen (secondary N) is 1. The minimum Gasteiger partial charge on any atom is -0.494 e. The van der Waals surface area contributed by atoms with E-state index in [1.165, 1.54) is 25.7 Å². The lowest BCUT2D eigenvalue weighted by molar-refractivity contribution is 0.171. The number of pyridine rings is 1. The molecule has 5 aromatic rings. The maximum atomic E-state index is 13.5. The van der Waals surface area contributed by atoms with Crippen molar-refractivity contribution in [3.8, 4) is 28.8 Å². The van der Waals surface area contributed by atoms with Gasteiger partial charge < -0.3 is 19.0 Å². The van der Waals surface area contributed by atoms with Crippen LogP contribution in [0, 0.1) is 6.92 Å². The summed E-state index contributed by atoms with van der Waals surface area (Å²) in [5.74, 6) is 1.82. The molecule has 0 radical (unpaired) electrons. The summed E-state index contributed by atoms with van der Waals surface area (Å²) in [5.41, 5.74) is 1.30. The van der Waals surface area contributed by atoms with Gasteiger partial charge in [0.25, 0.3) is 0 Å². The third-order valence-corrected chi connectivity index (χ3v) is 7.81.